The van der Waals surface area contributed by atoms with Gasteiger partial charge >= 0.3 is 0 Å². The number of aliphatic hydroxyl groups excluding tert-OH is 1. The molecule has 1 aliphatic rings. The number of carbonyl (C=O) groups excluding carboxylic acids is 1. The van der Waals surface area contributed by atoms with Crippen LogP contribution in [0.15, 0.2) is 24.3 Å². The molecular formula is C15H20FNO2. The first kappa shape index (κ1) is 14.0. The number of hydrogen-bond acceptors (Lipinski definition) is 2. The summed E-state index contributed by atoms with van der Waals surface area (Å²) < 4.78 is 12.8. The van der Waals surface area contributed by atoms with E-state index in [0.29, 0.717) is 6.54 Å². The van der Waals surface area contributed by atoms with Crippen LogP contribution < -0.4 is 0 Å². The molecule has 3 nitrogen and oxygen atoms in total. The number of nitrogens with zero attached hydrogens (tertiary/aromatic N) is 1. The van der Waals surface area contributed by atoms with Crippen molar-refractivity contribution in [3.8, 4) is 0 Å². The highest BCUT2D eigenvalue weighted by Gasteiger charge is 2.39. The molecule has 0 radical (unpaired) electrons. The molecule has 0 saturated carbocycles. The van der Waals surface area contributed by atoms with Crippen LogP contribution in [0.3, 0.4) is 0 Å². The normalized spacial score (nSPS) is 22.3. The number of aliphatic hydroxyl groups is 1. The predicted octanol–water partition coefficient (Wildman–Crippen LogP) is 2.13. The van der Waals surface area contributed by atoms with E-state index in [1.54, 1.807) is 17.0 Å². The lowest BCUT2D eigenvalue weighted by Gasteiger charge is -2.46. The number of piperidine rings is 1. The Kier molecular flexibility index (Phi) is 3.90. The number of rotatable bonds is 2. The van der Waals surface area contributed by atoms with E-state index < -0.39 is 11.6 Å². The second kappa shape index (κ2) is 5.29. The SMILES string of the molecule is CC1(C)C(O)CCCN1C(=O)Cc1ccc(F)cc1. The molecule has 1 aromatic carbocycles. The third kappa shape index (κ3) is 2.95. The summed E-state index contributed by atoms with van der Waals surface area (Å²) in [4.78, 5) is 14.1. The average Bonchev–Trinajstić information content (AvgIpc) is 2.35. The number of amides is 1. The van der Waals surface area contributed by atoms with Crippen molar-refractivity contribution in [1.82, 2.24) is 4.90 Å². The van der Waals surface area contributed by atoms with E-state index in [2.05, 4.69) is 0 Å². The van der Waals surface area contributed by atoms with Gasteiger partial charge < -0.3 is 10.0 Å². The molecule has 104 valence electrons. The van der Waals surface area contributed by atoms with Crippen LogP contribution in [0.4, 0.5) is 4.39 Å². The van der Waals surface area contributed by atoms with E-state index in [1.807, 2.05) is 13.8 Å². The molecule has 4 heteroatoms. The maximum Gasteiger partial charge on any atom is 0.227 e. The molecule has 0 aromatic heterocycles. The van der Waals surface area contributed by atoms with Crippen molar-refractivity contribution < 1.29 is 14.3 Å². The number of likely N-dealkylation sites (tertiary alicyclic amines) is 1. The zero-order chi connectivity index (χ0) is 14.0. The Hall–Kier alpha value is -1.42. The summed E-state index contributed by atoms with van der Waals surface area (Å²) in [6.45, 7) is 4.45. The van der Waals surface area contributed by atoms with Crippen molar-refractivity contribution in [2.24, 2.45) is 0 Å². The predicted molar refractivity (Wildman–Crippen MR) is 71.1 cm³/mol. The highest BCUT2D eigenvalue weighted by molar-refractivity contribution is 5.79. The van der Waals surface area contributed by atoms with Gasteiger partial charge in [0.25, 0.3) is 0 Å². The fraction of sp³-hybridized carbons (Fsp3) is 0.533. The molecule has 1 atom stereocenters. The largest absolute Gasteiger partial charge is 0.391 e. The van der Waals surface area contributed by atoms with Gasteiger partial charge in [0.1, 0.15) is 5.82 Å². The Morgan fingerprint density at radius 3 is 2.68 bits per heavy atom. The van der Waals surface area contributed by atoms with Crippen LogP contribution in [0.5, 0.6) is 0 Å². The fourth-order valence-corrected chi connectivity index (χ4v) is 2.58. The van der Waals surface area contributed by atoms with Gasteiger partial charge in [-0.05, 0) is 44.4 Å². The van der Waals surface area contributed by atoms with Crippen LogP contribution in [0.2, 0.25) is 0 Å². The standard InChI is InChI=1S/C15H20FNO2/c1-15(2)13(18)4-3-9-17(15)14(19)10-11-5-7-12(16)8-6-11/h5-8,13,18H,3-4,9-10H2,1-2H3. The Balaban J connectivity index is 2.09. The number of benzene rings is 1. The van der Waals surface area contributed by atoms with Gasteiger partial charge in [-0.2, -0.15) is 0 Å². The van der Waals surface area contributed by atoms with E-state index >= 15 is 0 Å². The molecule has 1 unspecified atom stereocenters. The lowest BCUT2D eigenvalue weighted by atomic mass is 9.87. The summed E-state index contributed by atoms with van der Waals surface area (Å²) in [6, 6.07) is 5.97. The molecule has 0 spiro atoms. The third-order valence-corrected chi connectivity index (χ3v) is 3.94. The number of halogens is 1. The van der Waals surface area contributed by atoms with Crippen LogP contribution in [0.1, 0.15) is 32.3 Å². The molecule has 1 N–H and O–H groups in total. The van der Waals surface area contributed by atoms with Crippen LogP contribution in [-0.4, -0.2) is 34.1 Å². The lowest BCUT2D eigenvalue weighted by Crippen LogP contribution is -2.58. The first-order valence-electron chi connectivity index (χ1n) is 6.64. The van der Waals surface area contributed by atoms with Crippen molar-refractivity contribution >= 4 is 5.91 Å². The second-order valence-electron chi connectivity index (χ2n) is 5.66. The Morgan fingerprint density at radius 1 is 1.42 bits per heavy atom. The number of hydrogen-bond donors (Lipinski definition) is 1. The van der Waals surface area contributed by atoms with Crippen LogP contribution in [0, 0.1) is 5.82 Å². The summed E-state index contributed by atoms with van der Waals surface area (Å²) in [5.74, 6) is -0.319. The van der Waals surface area contributed by atoms with Gasteiger partial charge in [0.2, 0.25) is 5.91 Å². The third-order valence-electron chi connectivity index (χ3n) is 3.94. The van der Waals surface area contributed by atoms with Gasteiger partial charge in [0.05, 0.1) is 18.1 Å². The van der Waals surface area contributed by atoms with Crippen molar-refractivity contribution in [1.29, 1.82) is 0 Å². The molecule has 1 aromatic rings. The molecule has 1 aliphatic heterocycles. The molecule has 1 fully saturated rings. The Labute approximate surface area is 113 Å². The van der Waals surface area contributed by atoms with Gasteiger partial charge in [-0.3, -0.25) is 4.79 Å². The van der Waals surface area contributed by atoms with Gasteiger partial charge in [-0.25, -0.2) is 4.39 Å². The summed E-state index contributed by atoms with van der Waals surface area (Å²) in [6.07, 6.45) is 1.31. The molecule has 1 heterocycles. The Bertz CT molecular complexity index is 456. The van der Waals surface area contributed by atoms with E-state index in [1.165, 1.54) is 12.1 Å². The van der Waals surface area contributed by atoms with Gasteiger partial charge in [0, 0.05) is 6.54 Å². The number of carbonyl (C=O) groups is 1. The minimum Gasteiger partial charge on any atom is -0.391 e. The zero-order valence-electron chi connectivity index (χ0n) is 11.4. The summed E-state index contributed by atoms with van der Waals surface area (Å²) in [5, 5.41) is 10.0. The highest BCUT2D eigenvalue weighted by atomic mass is 19.1. The van der Waals surface area contributed by atoms with Crippen molar-refractivity contribution in [3.05, 3.63) is 35.6 Å². The fourth-order valence-electron chi connectivity index (χ4n) is 2.58. The monoisotopic (exact) mass is 265 g/mol. The molecule has 0 aliphatic carbocycles. The molecular weight excluding hydrogens is 245 g/mol. The molecule has 2 rings (SSSR count). The zero-order valence-corrected chi connectivity index (χ0v) is 11.4. The first-order chi connectivity index (χ1) is 8.91. The van der Waals surface area contributed by atoms with E-state index in [4.69, 9.17) is 0 Å². The van der Waals surface area contributed by atoms with E-state index in [0.717, 1.165) is 18.4 Å². The lowest BCUT2D eigenvalue weighted by molar-refractivity contribution is -0.144. The van der Waals surface area contributed by atoms with Gasteiger partial charge in [-0.15, -0.1) is 0 Å². The second-order valence-corrected chi connectivity index (χ2v) is 5.66. The van der Waals surface area contributed by atoms with Crippen LogP contribution >= 0.6 is 0 Å². The maximum absolute atomic E-state index is 12.8. The summed E-state index contributed by atoms with van der Waals surface area (Å²) in [7, 11) is 0. The van der Waals surface area contributed by atoms with Crippen molar-refractivity contribution in [2.75, 3.05) is 6.54 Å². The molecule has 19 heavy (non-hydrogen) atoms. The maximum atomic E-state index is 12.8. The highest BCUT2D eigenvalue weighted by Crippen LogP contribution is 2.28. The molecule has 1 saturated heterocycles. The smallest absolute Gasteiger partial charge is 0.227 e. The van der Waals surface area contributed by atoms with Crippen molar-refractivity contribution in [3.63, 3.8) is 0 Å². The minimum atomic E-state index is -0.532. The summed E-state index contributed by atoms with van der Waals surface area (Å²) >= 11 is 0. The first-order valence-corrected chi connectivity index (χ1v) is 6.64. The van der Waals surface area contributed by atoms with Crippen LogP contribution in [0.25, 0.3) is 0 Å². The quantitative estimate of drug-likeness (QED) is 0.890. The van der Waals surface area contributed by atoms with Crippen molar-refractivity contribution in [2.45, 2.75) is 44.8 Å². The minimum absolute atomic E-state index is 0.0182. The van der Waals surface area contributed by atoms with Crippen LogP contribution in [-0.2, 0) is 11.2 Å². The average molecular weight is 265 g/mol. The van der Waals surface area contributed by atoms with Gasteiger partial charge in [0.15, 0.2) is 0 Å². The molecule has 0 bridgehead atoms. The van der Waals surface area contributed by atoms with E-state index in [9.17, 15) is 14.3 Å². The molecule has 1 amide bonds. The van der Waals surface area contributed by atoms with Gasteiger partial charge in [-0.1, -0.05) is 12.1 Å². The summed E-state index contributed by atoms with van der Waals surface area (Å²) in [5.41, 5.74) is 0.261. The Morgan fingerprint density at radius 2 is 2.05 bits per heavy atom. The van der Waals surface area contributed by atoms with E-state index in [-0.39, 0.29) is 18.1 Å². The topological polar surface area (TPSA) is 40.5 Å².